The molecule has 7 nitrogen and oxygen atoms in total. The lowest BCUT2D eigenvalue weighted by molar-refractivity contribution is 0.262. The molecule has 0 radical (unpaired) electrons. The molecule has 3 N–H and O–H groups in total. The molecule has 168 valence electrons. The van der Waals surface area contributed by atoms with Crippen LogP contribution in [0.25, 0.3) is 5.65 Å². The lowest BCUT2D eigenvalue weighted by Crippen LogP contribution is -2.40. The maximum atomic E-state index is 9.57. The van der Waals surface area contributed by atoms with Crippen molar-refractivity contribution in [3.63, 3.8) is 0 Å². The highest BCUT2D eigenvalue weighted by Gasteiger charge is 2.25. The Morgan fingerprint density at radius 2 is 2.12 bits per heavy atom. The van der Waals surface area contributed by atoms with E-state index in [1.54, 1.807) is 6.08 Å². The van der Waals surface area contributed by atoms with Gasteiger partial charge < -0.3 is 20.6 Å². The summed E-state index contributed by atoms with van der Waals surface area (Å²) < 4.78 is 1.87. The van der Waals surface area contributed by atoms with E-state index in [9.17, 15) is 5.11 Å². The van der Waals surface area contributed by atoms with Crippen molar-refractivity contribution in [2.24, 2.45) is 0 Å². The van der Waals surface area contributed by atoms with Gasteiger partial charge in [-0.3, -0.25) is 0 Å². The van der Waals surface area contributed by atoms with Crippen LogP contribution in [0.2, 0.25) is 0 Å². The zero-order chi connectivity index (χ0) is 22.5. The maximum absolute atomic E-state index is 9.57. The summed E-state index contributed by atoms with van der Waals surface area (Å²) in [6, 6.07) is 10.4. The van der Waals surface area contributed by atoms with Crippen molar-refractivity contribution in [3.8, 4) is 0 Å². The topological polar surface area (TPSA) is 77.7 Å². The first-order chi connectivity index (χ1) is 15.6. The monoisotopic (exact) mass is 432 g/mol. The second kappa shape index (κ2) is 9.87. The fourth-order valence-electron chi connectivity index (χ4n) is 4.29. The molecule has 1 aliphatic rings. The summed E-state index contributed by atoms with van der Waals surface area (Å²) in [6.07, 6.45) is 8.62. The average molecular weight is 433 g/mol. The minimum absolute atomic E-state index is 0.192. The van der Waals surface area contributed by atoms with Gasteiger partial charge in [0, 0.05) is 47.9 Å². The molecule has 1 atom stereocenters. The SMILES string of the molecule is C=CC(=C)Nc1cccc(Nc2cc(N3CCCC[C@H]3CCO)nc3c(CC)cnn23)c1. The van der Waals surface area contributed by atoms with Crippen LogP contribution in [0.15, 0.2) is 61.5 Å². The number of allylic oxidation sites excluding steroid dienone is 1. The highest BCUT2D eigenvalue weighted by atomic mass is 16.3. The largest absolute Gasteiger partial charge is 0.396 e. The molecular weight excluding hydrogens is 400 g/mol. The Morgan fingerprint density at radius 1 is 1.28 bits per heavy atom. The number of aryl methyl sites for hydroxylation is 1. The molecule has 0 unspecified atom stereocenters. The predicted octanol–water partition coefficient (Wildman–Crippen LogP) is 4.89. The number of anilines is 4. The van der Waals surface area contributed by atoms with Gasteiger partial charge in [-0.2, -0.15) is 9.61 Å². The molecule has 0 spiro atoms. The van der Waals surface area contributed by atoms with Crippen molar-refractivity contribution in [2.45, 2.75) is 45.1 Å². The number of piperidine rings is 1. The molecule has 0 saturated carbocycles. The third-order valence-electron chi connectivity index (χ3n) is 5.98. The van der Waals surface area contributed by atoms with Gasteiger partial charge in [-0.05, 0) is 56.4 Å². The molecule has 7 heteroatoms. The van der Waals surface area contributed by atoms with Gasteiger partial charge in [0.15, 0.2) is 5.65 Å². The molecule has 1 saturated heterocycles. The number of aliphatic hydroxyl groups excluding tert-OH is 1. The summed E-state index contributed by atoms with van der Waals surface area (Å²) >= 11 is 0. The number of benzene rings is 1. The minimum Gasteiger partial charge on any atom is -0.396 e. The number of hydrogen-bond acceptors (Lipinski definition) is 6. The first kappa shape index (κ1) is 21.9. The van der Waals surface area contributed by atoms with Crippen molar-refractivity contribution in [1.82, 2.24) is 14.6 Å². The molecule has 32 heavy (non-hydrogen) atoms. The van der Waals surface area contributed by atoms with Gasteiger partial charge in [0.2, 0.25) is 0 Å². The smallest absolute Gasteiger partial charge is 0.162 e. The van der Waals surface area contributed by atoms with E-state index < -0.39 is 0 Å². The van der Waals surface area contributed by atoms with Gasteiger partial charge in [-0.15, -0.1) is 0 Å². The summed E-state index contributed by atoms with van der Waals surface area (Å²) in [4.78, 5) is 7.35. The molecule has 2 aromatic heterocycles. The second-order valence-electron chi connectivity index (χ2n) is 8.17. The molecule has 0 amide bonds. The number of aliphatic hydroxyl groups is 1. The fourth-order valence-corrected chi connectivity index (χ4v) is 4.29. The van der Waals surface area contributed by atoms with E-state index in [2.05, 4.69) is 46.8 Å². The van der Waals surface area contributed by atoms with E-state index in [1.165, 1.54) is 6.42 Å². The minimum atomic E-state index is 0.192. The highest BCUT2D eigenvalue weighted by molar-refractivity contribution is 5.69. The van der Waals surface area contributed by atoms with Gasteiger partial charge in [0.25, 0.3) is 0 Å². The van der Waals surface area contributed by atoms with Crippen molar-refractivity contribution >= 4 is 28.7 Å². The molecular formula is C25H32N6O. The number of aromatic nitrogens is 3. The average Bonchev–Trinajstić information content (AvgIpc) is 3.23. The Morgan fingerprint density at radius 3 is 2.91 bits per heavy atom. The van der Waals surface area contributed by atoms with Gasteiger partial charge >= 0.3 is 0 Å². The van der Waals surface area contributed by atoms with Crippen molar-refractivity contribution in [3.05, 3.63) is 67.0 Å². The third-order valence-corrected chi connectivity index (χ3v) is 5.98. The first-order valence-corrected chi connectivity index (χ1v) is 11.3. The Balaban J connectivity index is 1.72. The lowest BCUT2D eigenvalue weighted by Gasteiger charge is -2.36. The first-order valence-electron chi connectivity index (χ1n) is 11.3. The molecule has 1 aliphatic heterocycles. The molecule has 0 aliphatic carbocycles. The van der Waals surface area contributed by atoms with Crippen LogP contribution >= 0.6 is 0 Å². The molecule has 1 aromatic carbocycles. The summed E-state index contributed by atoms with van der Waals surface area (Å²) in [7, 11) is 0. The normalized spacial score (nSPS) is 16.2. The molecule has 3 aromatic rings. The summed E-state index contributed by atoms with van der Waals surface area (Å²) in [5, 5.41) is 20.9. The molecule has 3 heterocycles. The fraction of sp³-hybridized carbons (Fsp3) is 0.360. The summed E-state index contributed by atoms with van der Waals surface area (Å²) in [6.45, 7) is 10.9. The molecule has 0 bridgehead atoms. The zero-order valence-corrected chi connectivity index (χ0v) is 18.7. The van der Waals surface area contributed by atoms with Crippen LogP contribution < -0.4 is 15.5 Å². The van der Waals surface area contributed by atoms with Crippen LogP contribution in [-0.2, 0) is 6.42 Å². The van der Waals surface area contributed by atoms with E-state index in [0.29, 0.717) is 6.04 Å². The van der Waals surface area contributed by atoms with E-state index in [0.717, 1.165) is 72.1 Å². The van der Waals surface area contributed by atoms with Gasteiger partial charge in [0.05, 0.1) is 6.20 Å². The van der Waals surface area contributed by atoms with Crippen LogP contribution in [-0.4, -0.2) is 38.9 Å². The predicted molar refractivity (Wildman–Crippen MR) is 132 cm³/mol. The van der Waals surface area contributed by atoms with E-state index in [1.807, 2.05) is 35.0 Å². The summed E-state index contributed by atoms with van der Waals surface area (Å²) in [5.41, 5.74) is 4.59. The van der Waals surface area contributed by atoms with Crippen molar-refractivity contribution in [1.29, 1.82) is 0 Å². The van der Waals surface area contributed by atoms with E-state index in [4.69, 9.17) is 4.98 Å². The molecule has 1 fully saturated rings. The van der Waals surface area contributed by atoms with Crippen LogP contribution in [0.1, 0.15) is 38.2 Å². The Kier molecular flexibility index (Phi) is 6.75. The quantitative estimate of drug-likeness (QED) is 0.418. The van der Waals surface area contributed by atoms with Crippen molar-refractivity contribution < 1.29 is 5.11 Å². The van der Waals surface area contributed by atoms with Crippen LogP contribution in [0.5, 0.6) is 0 Å². The Hall–Kier alpha value is -3.32. The number of nitrogens with zero attached hydrogens (tertiary/aromatic N) is 4. The number of rotatable bonds is 9. The maximum Gasteiger partial charge on any atom is 0.162 e. The van der Waals surface area contributed by atoms with E-state index in [-0.39, 0.29) is 6.61 Å². The Labute approximate surface area is 189 Å². The van der Waals surface area contributed by atoms with Crippen LogP contribution in [0.3, 0.4) is 0 Å². The van der Waals surface area contributed by atoms with Gasteiger partial charge in [-0.25, -0.2) is 4.98 Å². The van der Waals surface area contributed by atoms with E-state index >= 15 is 0 Å². The van der Waals surface area contributed by atoms with Crippen LogP contribution in [0.4, 0.5) is 23.0 Å². The third kappa shape index (κ3) is 4.62. The van der Waals surface area contributed by atoms with Crippen molar-refractivity contribution in [2.75, 3.05) is 28.7 Å². The summed E-state index contributed by atoms with van der Waals surface area (Å²) in [5.74, 6) is 1.79. The second-order valence-corrected chi connectivity index (χ2v) is 8.17. The lowest BCUT2D eigenvalue weighted by atomic mass is 9.99. The number of nitrogens with one attached hydrogen (secondary N) is 2. The number of hydrogen-bond donors (Lipinski definition) is 3. The Bertz CT molecular complexity index is 1100. The zero-order valence-electron chi connectivity index (χ0n) is 18.7. The molecule has 4 rings (SSSR count). The standard InChI is InChI=1S/C25H32N6O/c1-4-18(3)27-20-9-8-10-21(15-20)28-24-16-23(29-25-19(5-2)17-26-31(24)25)30-13-7-6-11-22(30)12-14-32/h4,8-10,15-17,22,27-28,32H,1,3,5-7,11-14H2,2H3/t22-/m0/s1. The highest BCUT2D eigenvalue weighted by Crippen LogP contribution is 2.30. The van der Waals surface area contributed by atoms with Gasteiger partial charge in [-0.1, -0.05) is 26.1 Å². The number of fused-ring (bicyclic) bond motifs is 1. The van der Waals surface area contributed by atoms with Gasteiger partial charge in [0.1, 0.15) is 11.6 Å². The van der Waals surface area contributed by atoms with Crippen LogP contribution in [0, 0.1) is 0 Å².